The quantitative estimate of drug-likeness (QED) is 0.833. The van der Waals surface area contributed by atoms with Crippen molar-refractivity contribution in [2.24, 2.45) is 0 Å². The fourth-order valence-electron chi connectivity index (χ4n) is 0.993. The van der Waals surface area contributed by atoms with Crippen LogP contribution in [0.4, 0.5) is 5.69 Å². The second-order valence-electron chi connectivity index (χ2n) is 2.90. The monoisotopic (exact) mass is 227 g/mol. The molecular weight excluding hydrogens is 218 g/mol. The predicted molar refractivity (Wildman–Crippen MR) is 57.3 cm³/mol. The first-order valence-electron chi connectivity index (χ1n) is 4.37. The molecule has 15 heavy (non-hydrogen) atoms. The molecule has 80 valence electrons. The first-order chi connectivity index (χ1) is 7.04. The molecule has 0 aromatic heterocycles. The minimum absolute atomic E-state index is 0.0887. The summed E-state index contributed by atoms with van der Waals surface area (Å²) in [6.45, 7) is 1.70. The van der Waals surface area contributed by atoms with E-state index in [-0.39, 0.29) is 11.5 Å². The molecule has 0 fully saturated rings. The van der Waals surface area contributed by atoms with Gasteiger partial charge in [0.05, 0.1) is 16.3 Å². The van der Waals surface area contributed by atoms with Crippen molar-refractivity contribution in [1.82, 2.24) is 0 Å². The zero-order valence-corrected chi connectivity index (χ0v) is 8.84. The second kappa shape index (κ2) is 4.79. The van der Waals surface area contributed by atoms with E-state index in [0.717, 1.165) is 0 Å². The fraction of sp³-hybridized carbons (Fsp3) is 0.200. The van der Waals surface area contributed by atoms with Crippen LogP contribution in [-0.2, 0) is 4.79 Å². The highest BCUT2D eigenvalue weighted by atomic mass is 35.5. The van der Waals surface area contributed by atoms with Gasteiger partial charge in [-0.15, -0.1) is 0 Å². The van der Waals surface area contributed by atoms with Crippen molar-refractivity contribution in [3.05, 3.63) is 28.8 Å². The van der Waals surface area contributed by atoms with Gasteiger partial charge >= 0.3 is 5.97 Å². The number of carbonyl (C=O) groups excluding carboxylic acids is 1. The lowest BCUT2D eigenvalue weighted by Gasteiger charge is -2.06. The third-order valence-electron chi connectivity index (χ3n) is 1.81. The summed E-state index contributed by atoms with van der Waals surface area (Å²) in [6.07, 6.45) is 0.313. The molecule has 1 amide bonds. The largest absolute Gasteiger partial charge is 0.478 e. The van der Waals surface area contributed by atoms with Crippen LogP contribution in [0.25, 0.3) is 0 Å². The van der Waals surface area contributed by atoms with Crippen molar-refractivity contribution < 1.29 is 14.7 Å². The average molecular weight is 228 g/mol. The number of hydrogen-bond donors (Lipinski definition) is 2. The van der Waals surface area contributed by atoms with Gasteiger partial charge in [-0.1, -0.05) is 18.5 Å². The van der Waals surface area contributed by atoms with Crippen molar-refractivity contribution in [3.63, 3.8) is 0 Å². The maximum Gasteiger partial charge on any atom is 0.335 e. The van der Waals surface area contributed by atoms with Crippen molar-refractivity contribution in [2.45, 2.75) is 13.3 Å². The highest BCUT2D eigenvalue weighted by Crippen LogP contribution is 2.23. The molecule has 2 N–H and O–H groups in total. The standard InChI is InChI=1S/C10H10ClNO3/c1-2-9(13)12-8-5-6(10(14)15)3-4-7(8)11/h3-5H,2H2,1H3,(H,12,13)(H,14,15). The highest BCUT2D eigenvalue weighted by molar-refractivity contribution is 6.33. The van der Waals surface area contributed by atoms with E-state index in [1.807, 2.05) is 0 Å². The Balaban J connectivity index is 3.00. The van der Waals surface area contributed by atoms with Crippen LogP contribution in [0.15, 0.2) is 18.2 Å². The zero-order chi connectivity index (χ0) is 11.4. The molecule has 0 bridgehead atoms. The molecule has 0 radical (unpaired) electrons. The van der Waals surface area contributed by atoms with Gasteiger partial charge in [0.25, 0.3) is 0 Å². The van der Waals surface area contributed by atoms with Crippen LogP contribution in [0.2, 0.25) is 5.02 Å². The Kier molecular flexibility index (Phi) is 3.68. The van der Waals surface area contributed by atoms with Gasteiger partial charge in [-0.25, -0.2) is 4.79 Å². The molecule has 0 saturated heterocycles. The summed E-state index contributed by atoms with van der Waals surface area (Å²) >= 11 is 5.79. The maximum atomic E-state index is 11.1. The van der Waals surface area contributed by atoms with Crippen LogP contribution >= 0.6 is 11.6 Å². The molecule has 4 nitrogen and oxygen atoms in total. The summed E-state index contributed by atoms with van der Waals surface area (Å²) < 4.78 is 0. The van der Waals surface area contributed by atoms with Gasteiger partial charge in [0.15, 0.2) is 0 Å². The zero-order valence-electron chi connectivity index (χ0n) is 8.08. The van der Waals surface area contributed by atoms with Crippen LogP contribution < -0.4 is 5.32 Å². The molecule has 0 spiro atoms. The lowest BCUT2D eigenvalue weighted by Crippen LogP contribution is -2.10. The molecule has 0 unspecified atom stereocenters. The Bertz CT molecular complexity index is 404. The number of hydrogen-bond acceptors (Lipinski definition) is 2. The van der Waals surface area contributed by atoms with Crippen LogP contribution in [-0.4, -0.2) is 17.0 Å². The molecule has 0 heterocycles. The fourth-order valence-corrected chi connectivity index (χ4v) is 1.16. The molecule has 0 aliphatic carbocycles. The second-order valence-corrected chi connectivity index (χ2v) is 3.31. The summed E-state index contributed by atoms with van der Waals surface area (Å²) in [5.74, 6) is -1.27. The first kappa shape index (κ1) is 11.5. The number of carboxylic acids is 1. The number of halogens is 1. The van der Waals surface area contributed by atoms with E-state index >= 15 is 0 Å². The Labute approximate surface area is 91.9 Å². The van der Waals surface area contributed by atoms with Gasteiger partial charge in [0, 0.05) is 6.42 Å². The van der Waals surface area contributed by atoms with Gasteiger partial charge < -0.3 is 10.4 Å². The Morgan fingerprint density at radius 1 is 1.47 bits per heavy atom. The van der Waals surface area contributed by atoms with Gasteiger partial charge in [0.1, 0.15) is 0 Å². The summed E-state index contributed by atoms with van der Waals surface area (Å²) in [4.78, 5) is 21.8. The van der Waals surface area contributed by atoms with Gasteiger partial charge in [-0.3, -0.25) is 4.79 Å². The first-order valence-corrected chi connectivity index (χ1v) is 4.75. The lowest BCUT2D eigenvalue weighted by atomic mass is 10.2. The molecular formula is C10H10ClNO3. The van der Waals surface area contributed by atoms with E-state index in [1.165, 1.54) is 18.2 Å². The van der Waals surface area contributed by atoms with E-state index in [2.05, 4.69) is 5.32 Å². The van der Waals surface area contributed by atoms with Crippen molar-refractivity contribution in [3.8, 4) is 0 Å². The highest BCUT2D eigenvalue weighted by Gasteiger charge is 2.08. The third-order valence-corrected chi connectivity index (χ3v) is 2.14. The van der Waals surface area contributed by atoms with Crippen LogP contribution in [0.1, 0.15) is 23.7 Å². The summed E-state index contributed by atoms with van der Waals surface area (Å²) in [7, 11) is 0. The van der Waals surface area contributed by atoms with E-state index in [4.69, 9.17) is 16.7 Å². The lowest BCUT2D eigenvalue weighted by molar-refractivity contribution is -0.115. The van der Waals surface area contributed by atoms with E-state index in [0.29, 0.717) is 17.1 Å². The smallest absolute Gasteiger partial charge is 0.335 e. The molecule has 0 atom stereocenters. The topological polar surface area (TPSA) is 66.4 Å². The minimum atomic E-state index is -1.06. The molecule has 0 saturated carbocycles. The van der Waals surface area contributed by atoms with E-state index in [9.17, 15) is 9.59 Å². The van der Waals surface area contributed by atoms with Crippen molar-refractivity contribution >= 4 is 29.2 Å². The number of anilines is 1. The maximum absolute atomic E-state index is 11.1. The van der Waals surface area contributed by atoms with E-state index in [1.54, 1.807) is 6.92 Å². The number of rotatable bonds is 3. The molecule has 1 rings (SSSR count). The van der Waals surface area contributed by atoms with Gasteiger partial charge in [0.2, 0.25) is 5.91 Å². The molecule has 0 aliphatic heterocycles. The average Bonchev–Trinajstić information content (AvgIpc) is 2.20. The van der Waals surface area contributed by atoms with Gasteiger partial charge in [-0.05, 0) is 18.2 Å². The number of nitrogens with one attached hydrogen (secondary N) is 1. The number of benzene rings is 1. The summed E-state index contributed by atoms with van der Waals surface area (Å²) in [6, 6.07) is 4.15. The SMILES string of the molecule is CCC(=O)Nc1cc(C(=O)O)ccc1Cl. The minimum Gasteiger partial charge on any atom is -0.478 e. The third kappa shape index (κ3) is 2.95. The Morgan fingerprint density at radius 3 is 2.67 bits per heavy atom. The van der Waals surface area contributed by atoms with Crippen molar-refractivity contribution in [2.75, 3.05) is 5.32 Å². The van der Waals surface area contributed by atoms with Crippen molar-refractivity contribution in [1.29, 1.82) is 0 Å². The van der Waals surface area contributed by atoms with Crippen LogP contribution in [0, 0.1) is 0 Å². The molecule has 1 aromatic rings. The van der Waals surface area contributed by atoms with Crippen LogP contribution in [0.3, 0.4) is 0 Å². The normalized spacial score (nSPS) is 9.73. The van der Waals surface area contributed by atoms with Crippen LogP contribution in [0.5, 0.6) is 0 Å². The molecule has 1 aromatic carbocycles. The summed E-state index contributed by atoms with van der Waals surface area (Å²) in [5, 5.41) is 11.6. The molecule has 0 aliphatic rings. The number of aromatic carboxylic acids is 1. The molecule has 5 heteroatoms. The Morgan fingerprint density at radius 2 is 2.13 bits per heavy atom. The number of amides is 1. The number of carbonyl (C=O) groups is 2. The van der Waals surface area contributed by atoms with Gasteiger partial charge in [-0.2, -0.15) is 0 Å². The summed E-state index contributed by atoms with van der Waals surface area (Å²) in [5.41, 5.74) is 0.411. The Hall–Kier alpha value is -1.55. The van der Waals surface area contributed by atoms with E-state index < -0.39 is 5.97 Å². The predicted octanol–water partition coefficient (Wildman–Crippen LogP) is 2.39. The number of carboxylic acid groups (broad SMARTS) is 1.